The maximum atomic E-state index is 10.8. The fourth-order valence-corrected chi connectivity index (χ4v) is 3.44. The molecule has 3 heteroatoms. The summed E-state index contributed by atoms with van der Waals surface area (Å²) in [5.41, 5.74) is 0.218. The summed E-state index contributed by atoms with van der Waals surface area (Å²) >= 11 is 0. The Balaban J connectivity index is 1.81. The van der Waals surface area contributed by atoms with Gasteiger partial charge in [0.1, 0.15) is 0 Å². The van der Waals surface area contributed by atoms with Crippen molar-refractivity contribution in [1.82, 2.24) is 4.90 Å². The molecule has 0 aromatic heterocycles. The highest BCUT2D eigenvalue weighted by Crippen LogP contribution is 2.53. The maximum Gasteiger partial charge on any atom is 0.303 e. The zero-order valence-electron chi connectivity index (χ0n) is 11.1. The maximum absolute atomic E-state index is 10.8. The van der Waals surface area contributed by atoms with Gasteiger partial charge in [0.2, 0.25) is 0 Å². The van der Waals surface area contributed by atoms with Gasteiger partial charge in [-0.3, -0.25) is 4.79 Å². The molecule has 1 aliphatic carbocycles. The number of hydrogen-bond acceptors (Lipinski definition) is 2. The van der Waals surface area contributed by atoms with Gasteiger partial charge in [-0.25, -0.2) is 0 Å². The van der Waals surface area contributed by atoms with Gasteiger partial charge in [-0.2, -0.15) is 0 Å². The first-order valence-corrected chi connectivity index (χ1v) is 6.94. The topological polar surface area (TPSA) is 40.5 Å². The van der Waals surface area contributed by atoms with Gasteiger partial charge in [-0.15, -0.1) is 0 Å². The highest BCUT2D eigenvalue weighted by atomic mass is 16.4. The molecule has 0 aromatic carbocycles. The van der Waals surface area contributed by atoms with Crippen molar-refractivity contribution < 1.29 is 9.90 Å². The predicted molar refractivity (Wildman–Crippen MR) is 67.9 cm³/mol. The molecule has 17 heavy (non-hydrogen) atoms. The first kappa shape index (κ1) is 12.9. The van der Waals surface area contributed by atoms with Gasteiger partial charge in [-0.05, 0) is 49.6 Å². The van der Waals surface area contributed by atoms with E-state index in [1.165, 1.54) is 38.9 Å². The van der Waals surface area contributed by atoms with E-state index in [2.05, 4.69) is 18.7 Å². The van der Waals surface area contributed by atoms with E-state index in [0.717, 1.165) is 6.42 Å². The molecule has 1 heterocycles. The molecule has 1 saturated carbocycles. The van der Waals surface area contributed by atoms with Crippen molar-refractivity contribution in [2.45, 2.75) is 46.0 Å². The second-order valence-electron chi connectivity index (χ2n) is 6.41. The number of likely N-dealkylation sites (tertiary alicyclic amines) is 1. The molecule has 2 fully saturated rings. The van der Waals surface area contributed by atoms with Gasteiger partial charge in [0.25, 0.3) is 0 Å². The summed E-state index contributed by atoms with van der Waals surface area (Å²) in [6.45, 7) is 8.17. The van der Waals surface area contributed by atoms with E-state index >= 15 is 0 Å². The molecule has 98 valence electrons. The average molecular weight is 239 g/mol. The van der Waals surface area contributed by atoms with E-state index in [-0.39, 0.29) is 5.41 Å². The summed E-state index contributed by atoms with van der Waals surface area (Å²) < 4.78 is 0. The average Bonchev–Trinajstić information content (AvgIpc) is 2.28. The number of carbonyl (C=O) groups is 1. The summed E-state index contributed by atoms with van der Waals surface area (Å²) in [6.07, 6.45) is 5.52. The molecular weight excluding hydrogens is 214 g/mol. The lowest BCUT2D eigenvalue weighted by atomic mass is 9.53. The van der Waals surface area contributed by atoms with Crippen molar-refractivity contribution in [2.24, 2.45) is 17.3 Å². The summed E-state index contributed by atoms with van der Waals surface area (Å²) in [7, 11) is 0. The van der Waals surface area contributed by atoms with Crippen LogP contribution in [0.3, 0.4) is 0 Å². The van der Waals surface area contributed by atoms with E-state index in [9.17, 15) is 4.79 Å². The van der Waals surface area contributed by atoms with E-state index in [1.54, 1.807) is 0 Å². The zero-order valence-corrected chi connectivity index (χ0v) is 11.1. The van der Waals surface area contributed by atoms with Gasteiger partial charge in [-0.1, -0.05) is 20.3 Å². The summed E-state index contributed by atoms with van der Waals surface area (Å²) in [5.74, 6) is 0.444. The van der Waals surface area contributed by atoms with Crippen LogP contribution in [0.25, 0.3) is 0 Å². The van der Waals surface area contributed by atoms with Crippen LogP contribution in [-0.4, -0.2) is 35.6 Å². The van der Waals surface area contributed by atoms with E-state index in [1.807, 2.05) is 0 Å². The molecule has 1 saturated heterocycles. The lowest BCUT2D eigenvalue weighted by Crippen LogP contribution is -2.51. The molecule has 0 radical (unpaired) electrons. The quantitative estimate of drug-likeness (QED) is 0.820. The molecule has 0 unspecified atom stereocenters. The fourth-order valence-electron chi connectivity index (χ4n) is 3.44. The third-order valence-electron chi connectivity index (χ3n) is 5.02. The number of hydrogen-bond donors (Lipinski definition) is 1. The highest BCUT2D eigenvalue weighted by molar-refractivity contribution is 5.67. The smallest absolute Gasteiger partial charge is 0.303 e. The van der Waals surface area contributed by atoms with Crippen LogP contribution in [0.2, 0.25) is 0 Å². The molecule has 1 aliphatic heterocycles. The normalized spacial score (nSPS) is 33.1. The SMILES string of the molecule is CC1(C)[C@H](CC(=O)O)C[C@@H]1CN1CCCCC1. The standard InChI is InChI=1S/C14H25NO2/c1-14(2)11(9-13(16)17)8-12(14)10-15-6-4-3-5-7-15/h11-12H,3-10H2,1-2H3,(H,16,17)/t11-,12+/m0/s1. The largest absolute Gasteiger partial charge is 0.481 e. The van der Waals surface area contributed by atoms with Crippen LogP contribution in [-0.2, 0) is 4.79 Å². The van der Waals surface area contributed by atoms with Crippen LogP contribution < -0.4 is 0 Å². The third-order valence-corrected chi connectivity index (χ3v) is 5.02. The molecular formula is C14H25NO2. The molecule has 0 amide bonds. The van der Waals surface area contributed by atoms with E-state index in [0.29, 0.717) is 18.3 Å². The minimum Gasteiger partial charge on any atom is -0.481 e. The van der Waals surface area contributed by atoms with E-state index < -0.39 is 5.97 Å². The first-order chi connectivity index (χ1) is 8.00. The summed E-state index contributed by atoms with van der Waals surface area (Å²) in [5, 5.41) is 8.88. The number of rotatable bonds is 4. The molecule has 0 aromatic rings. The lowest BCUT2D eigenvalue weighted by molar-refractivity contribution is -0.144. The summed E-state index contributed by atoms with van der Waals surface area (Å²) in [4.78, 5) is 13.4. The second-order valence-corrected chi connectivity index (χ2v) is 6.41. The zero-order chi connectivity index (χ0) is 12.5. The van der Waals surface area contributed by atoms with Crippen LogP contribution >= 0.6 is 0 Å². The summed E-state index contributed by atoms with van der Waals surface area (Å²) in [6, 6.07) is 0. The Labute approximate surface area is 104 Å². The Morgan fingerprint density at radius 1 is 1.24 bits per heavy atom. The Bertz CT molecular complexity index is 282. The highest BCUT2D eigenvalue weighted by Gasteiger charge is 2.48. The second kappa shape index (κ2) is 4.97. The monoisotopic (exact) mass is 239 g/mol. The Morgan fingerprint density at radius 2 is 1.88 bits per heavy atom. The van der Waals surface area contributed by atoms with Gasteiger partial charge >= 0.3 is 5.97 Å². The van der Waals surface area contributed by atoms with Crippen molar-refractivity contribution in [1.29, 1.82) is 0 Å². The number of carboxylic acid groups (broad SMARTS) is 1. The fraction of sp³-hybridized carbons (Fsp3) is 0.929. The number of piperidine rings is 1. The van der Waals surface area contributed by atoms with Crippen LogP contribution in [0.5, 0.6) is 0 Å². The Hall–Kier alpha value is -0.570. The lowest BCUT2D eigenvalue weighted by Gasteiger charge is -2.53. The number of nitrogens with zero attached hydrogens (tertiary/aromatic N) is 1. The van der Waals surface area contributed by atoms with Crippen LogP contribution in [0.4, 0.5) is 0 Å². The third kappa shape index (κ3) is 2.82. The van der Waals surface area contributed by atoms with Gasteiger partial charge in [0, 0.05) is 13.0 Å². The predicted octanol–water partition coefficient (Wildman–Crippen LogP) is 2.61. The minimum absolute atomic E-state index is 0.218. The van der Waals surface area contributed by atoms with Crippen molar-refractivity contribution >= 4 is 5.97 Å². The van der Waals surface area contributed by atoms with Crippen molar-refractivity contribution in [3.63, 3.8) is 0 Å². The minimum atomic E-state index is -0.639. The van der Waals surface area contributed by atoms with Crippen LogP contribution in [0.1, 0.15) is 46.0 Å². The number of aliphatic carboxylic acids is 1. The molecule has 2 atom stereocenters. The molecule has 0 spiro atoms. The Morgan fingerprint density at radius 3 is 2.41 bits per heavy atom. The van der Waals surface area contributed by atoms with Crippen LogP contribution in [0, 0.1) is 17.3 Å². The Kier molecular flexibility index (Phi) is 3.76. The van der Waals surface area contributed by atoms with Crippen molar-refractivity contribution in [3.8, 4) is 0 Å². The van der Waals surface area contributed by atoms with Crippen molar-refractivity contribution in [3.05, 3.63) is 0 Å². The molecule has 2 rings (SSSR count). The molecule has 0 bridgehead atoms. The molecule has 1 N–H and O–H groups in total. The number of carboxylic acids is 1. The first-order valence-electron chi connectivity index (χ1n) is 6.94. The van der Waals surface area contributed by atoms with Gasteiger partial charge < -0.3 is 10.0 Å². The van der Waals surface area contributed by atoms with Gasteiger partial charge in [0.05, 0.1) is 0 Å². The van der Waals surface area contributed by atoms with E-state index in [4.69, 9.17) is 5.11 Å². The van der Waals surface area contributed by atoms with Crippen molar-refractivity contribution in [2.75, 3.05) is 19.6 Å². The molecule has 3 nitrogen and oxygen atoms in total. The molecule has 2 aliphatic rings. The van der Waals surface area contributed by atoms with Gasteiger partial charge in [0.15, 0.2) is 0 Å². The van der Waals surface area contributed by atoms with Crippen LogP contribution in [0.15, 0.2) is 0 Å².